The number of carbonyl (C=O) groups is 4. The molecule has 4 amide bonds. The van der Waals surface area contributed by atoms with Gasteiger partial charge in [0.1, 0.15) is 17.9 Å². The fourth-order valence-electron chi connectivity index (χ4n) is 10.0. The van der Waals surface area contributed by atoms with Gasteiger partial charge in [-0.15, -0.1) is 11.3 Å². The summed E-state index contributed by atoms with van der Waals surface area (Å²) in [5.41, 5.74) is 7.91. The molecule has 9 rings (SSSR count). The van der Waals surface area contributed by atoms with Gasteiger partial charge in [-0.05, 0) is 73.9 Å². The van der Waals surface area contributed by atoms with Gasteiger partial charge in [0.15, 0.2) is 11.5 Å². The van der Waals surface area contributed by atoms with E-state index in [1.807, 2.05) is 68.1 Å². The summed E-state index contributed by atoms with van der Waals surface area (Å²) in [5, 5.41) is 26.6. The first-order valence-corrected chi connectivity index (χ1v) is 27.1. The second kappa shape index (κ2) is 23.3. The van der Waals surface area contributed by atoms with Crippen molar-refractivity contribution in [3.05, 3.63) is 101 Å². The molecule has 4 aromatic heterocycles. The highest BCUT2D eigenvalue weighted by atomic mass is 32.1. The molecule has 2 aromatic carbocycles. The number of aromatic nitrogens is 6. The molecule has 0 bridgehead atoms. The number of aliphatic hydroxyl groups excluding tert-OH is 1. The van der Waals surface area contributed by atoms with Gasteiger partial charge in [-0.1, -0.05) is 77.1 Å². The van der Waals surface area contributed by atoms with Crippen LogP contribution in [0.2, 0.25) is 0 Å². The fraction of sp³-hybridized carbons (Fsp3) is 0.491. The Bertz CT molecular complexity index is 2900. The lowest BCUT2D eigenvalue weighted by molar-refractivity contribution is -0.144. The Labute approximate surface area is 435 Å². The summed E-state index contributed by atoms with van der Waals surface area (Å²) in [7, 11) is 0. The number of unbranched alkanes of at least 4 members (excludes halogenated alkanes) is 6. The number of benzene rings is 2. The van der Waals surface area contributed by atoms with Crippen LogP contribution in [-0.4, -0.2) is 130 Å². The standard InChI is InChI=1S/C55H69FN12O5S/c1-35-48(74-34-59-35)38-15-13-36(14-16-38)28-58-52(71)45-27-41(69)32-68(45)54(73)49(55(2,3)4)64-47(70)12-10-8-6-5-7-9-11-21-65-22-24-66(25-23-65)53(72)39-19-20-43(42(56)26-39)62-50-51-57-31-46(40-29-60-61-30-40)67(51)33-44(63-50)37-17-18-37/h13-16,19-20,26,29-31,33-34,37,41,45,49,69H,5-12,17-18,21-25,27-28,32H2,1-4H3,(H,58,71)(H,60,61)(H,62,63)(H,64,70)/t41-,45+,49-/m1/s1. The quantitative estimate of drug-likeness (QED) is 0.0437. The van der Waals surface area contributed by atoms with Gasteiger partial charge in [0.25, 0.3) is 5.91 Å². The Kier molecular flexibility index (Phi) is 16.5. The number of H-pyrrole nitrogens is 1. The molecule has 2 saturated heterocycles. The van der Waals surface area contributed by atoms with Crippen LogP contribution in [0.25, 0.3) is 27.3 Å². The predicted molar refractivity (Wildman–Crippen MR) is 283 cm³/mol. The van der Waals surface area contributed by atoms with Crippen LogP contribution in [-0.2, 0) is 20.9 Å². The number of carbonyl (C=O) groups excluding carboxylic acids is 4. The number of aromatic amines is 1. The van der Waals surface area contributed by atoms with Crippen molar-refractivity contribution in [3.63, 3.8) is 0 Å². The van der Waals surface area contributed by atoms with Crippen LogP contribution in [0.1, 0.15) is 125 Å². The highest BCUT2D eigenvalue weighted by Gasteiger charge is 2.44. The highest BCUT2D eigenvalue weighted by Crippen LogP contribution is 2.41. The molecule has 2 aliphatic heterocycles. The molecule has 19 heteroatoms. The van der Waals surface area contributed by atoms with Crippen LogP contribution in [0, 0.1) is 18.2 Å². The number of β-amino-alcohol motifs (C(OH)–C–C–N with tert-alkyl or cyclic N) is 1. The van der Waals surface area contributed by atoms with Gasteiger partial charge in [-0.25, -0.2) is 19.3 Å². The Morgan fingerprint density at radius 2 is 1.66 bits per heavy atom. The maximum Gasteiger partial charge on any atom is 0.254 e. The summed E-state index contributed by atoms with van der Waals surface area (Å²) in [5.74, 6) is -0.799. The van der Waals surface area contributed by atoms with E-state index in [2.05, 4.69) is 41.0 Å². The number of aliphatic hydroxyl groups is 1. The van der Waals surface area contributed by atoms with E-state index in [0.29, 0.717) is 48.9 Å². The molecular formula is C55H69FN12O5S. The Balaban J connectivity index is 0.650. The summed E-state index contributed by atoms with van der Waals surface area (Å²) in [4.78, 5) is 74.7. The molecule has 0 radical (unpaired) electrons. The number of rotatable bonds is 21. The number of nitrogens with zero attached hydrogens (tertiary/aromatic N) is 8. The fourth-order valence-corrected chi connectivity index (χ4v) is 10.8. The first kappa shape index (κ1) is 52.3. The normalized spacial score (nSPS) is 17.7. The van der Waals surface area contributed by atoms with E-state index in [-0.39, 0.29) is 48.8 Å². The number of fused-ring (bicyclic) bond motifs is 1. The number of hydrogen-bond acceptors (Lipinski definition) is 12. The van der Waals surface area contributed by atoms with Crippen LogP contribution >= 0.6 is 11.3 Å². The molecule has 5 N–H and O–H groups in total. The number of thiazole rings is 1. The molecule has 6 heterocycles. The lowest BCUT2D eigenvalue weighted by Gasteiger charge is -2.35. The van der Waals surface area contributed by atoms with Gasteiger partial charge in [0.05, 0.1) is 51.7 Å². The number of amides is 4. The second-order valence-electron chi connectivity index (χ2n) is 21.2. The Hall–Kier alpha value is -6.57. The molecule has 3 aliphatic rings. The molecule has 74 heavy (non-hydrogen) atoms. The van der Waals surface area contributed by atoms with E-state index in [4.69, 9.17) is 4.98 Å². The molecule has 6 aromatic rings. The van der Waals surface area contributed by atoms with Crippen LogP contribution in [0.3, 0.4) is 0 Å². The van der Waals surface area contributed by atoms with Gasteiger partial charge >= 0.3 is 0 Å². The van der Waals surface area contributed by atoms with Crippen molar-refractivity contribution in [1.82, 2.24) is 54.9 Å². The third-order valence-corrected chi connectivity index (χ3v) is 15.5. The van der Waals surface area contributed by atoms with Gasteiger partial charge in [-0.3, -0.25) is 33.6 Å². The van der Waals surface area contributed by atoms with E-state index in [0.717, 1.165) is 110 Å². The molecule has 3 fully saturated rings. The number of halogens is 1. The van der Waals surface area contributed by atoms with Crippen molar-refractivity contribution in [3.8, 4) is 21.7 Å². The monoisotopic (exact) mass is 1030 g/mol. The van der Waals surface area contributed by atoms with Crippen molar-refractivity contribution >= 4 is 52.1 Å². The van der Waals surface area contributed by atoms with Crippen LogP contribution in [0.15, 0.2) is 72.8 Å². The number of hydrogen-bond donors (Lipinski definition) is 5. The zero-order chi connectivity index (χ0) is 51.9. The molecule has 17 nitrogen and oxygen atoms in total. The summed E-state index contributed by atoms with van der Waals surface area (Å²) >= 11 is 1.58. The minimum absolute atomic E-state index is 0.0284. The van der Waals surface area contributed by atoms with Gasteiger partial charge in [0, 0.05) is 81.5 Å². The van der Waals surface area contributed by atoms with Crippen LogP contribution in [0.4, 0.5) is 15.9 Å². The number of anilines is 2. The lowest BCUT2D eigenvalue weighted by Crippen LogP contribution is -2.57. The average molecular weight is 1030 g/mol. The number of piperazine rings is 1. The SMILES string of the molecule is Cc1ncsc1-c1ccc(CNC(=O)[C@@H]2C[C@@H](O)CN2C(=O)[C@@H](NC(=O)CCCCCCCCCN2CCN(C(=O)c3ccc(Nc4nc(C5CC5)cn5c(-c6cn[nH]c6)cnc45)c(F)c3)CC2)C(C)(C)C)cc1. The van der Waals surface area contributed by atoms with Crippen LogP contribution in [0.5, 0.6) is 0 Å². The molecule has 0 spiro atoms. The number of likely N-dealkylation sites (tertiary alicyclic amines) is 1. The summed E-state index contributed by atoms with van der Waals surface area (Å²) in [6.07, 6.45) is 16.0. The molecule has 3 atom stereocenters. The van der Waals surface area contributed by atoms with E-state index < -0.39 is 29.4 Å². The first-order chi connectivity index (χ1) is 35.7. The average Bonchev–Trinajstić information content (AvgIpc) is 3.71. The van der Waals surface area contributed by atoms with Gasteiger partial charge < -0.3 is 30.9 Å². The first-order valence-electron chi connectivity index (χ1n) is 26.2. The summed E-state index contributed by atoms with van der Waals surface area (Å²) in [6, 6.07) is 10.8. The number of aryl methyl sites for hydroxylation is 1. The lowest BCUT2D eigenvalue weighted by atomic mass is 9.85. The van der Waals surface area contributed by atoms with E-state index in [1.165, 1.54) is 11.0 Å². The zero-order valence-corrected chi connectivity index (χ0v) is 43.7. The maximum atomic E-state index is 15.7. The van der Waals surface area contributed by atoms with Gasteiger partial charge in [0.2, 0.25) is 17.7 Å². The zero-order valence-electron chi connectivity index (χ0n) is 42.9. The third kappa shape index (κ3) is 12.7. The topological polar surface area (TPSA) is 206 Å². The smallest absolute Gasteiger partial charge is 0.254 e. The van der Waals surface area contributed by atoms with Crippen molar-refractivity contribution in [2.45, 2.75) is 129 Å². The minimum atomic E-state index is -0.856. The third-order valence-electron chi connectivity index (χ3n) is 14.5. The molecule has 1 saturated carbocycles. The molecule has 0 unspecified atom stereocenters. The van der Waals surface area contributed by atoms with E-state index >= 15 is 4.39 Å². The highest BCUT2D eigenvalue weighted by molar-refractivity contribution is 7.13. The second-order valence-corrected chi connectivity index (χ2v) is 22.1. The summed E-state index contributed by atoms with van der Waals surface area (Å²) in [6.45, 7) is 11.6. The Morgan fingerprint density at radius 1 is 0.919 bits per heavy atom. The van der Waals surface area contributed by atoms with Crippen LogP contribution < -0.4 is 16.0 Å². The maximum absolute atomic E-state index is 15.7. The molecule has 392 valence electrons. The largest absolute Gasteiger partial charge is 0.391 e. The Morgan fingerprint density at radius 3 is 2.34 bits per heavy atom. The number of imidazole rings is 1. The van der Waals surface area contributed by atoms with Crippen molar-refractivity contribution in [1.29, 1.82) is 0 Å². The minimum Gasteiger partial charge on any atom is -0.391 e. The number of nitrogens with one attached hydrogen (secondary N) is 4. The van der Waals surface area contributed by atoms with E-state index in [1.54, 1.807) is 47.0 Å². The van der Waals surface area contributed by atoms with Crippen molar-refractivity contribution in [2.75, 3.05) is 44.6 Å². The van der Waals surface area contributed by atoms with Crippen molar-refractivity contribution < 1.29 is 28.7 Å². The van der Waals surface area contributed by atoms with Crippen molar-refractivity contribution in [2.24, 2.45) is 5.41 Å². The van der Waals surface area contributed by atoms with Gasteiger partial charge in [-0.2, -0.15) is 5.10 Å². The summed E-state index contributed by atoms with van der Waals surface area (Å²) < 4.78 is 17.6. The molecule has 1 aliphatic carbocycles. The predicted octanol–water partition coefficient (Wildman–Crippen LogP) is 8.00. The van der Waals surface area contributed by atoms with E-state index in [9.17, 15) is 24.3 Å². The molecular weight excluding hydrogens is 960 g/mol.